The number of benzene rings is 3. The SMILES string of the molecule is Nc1c(N2CCN(C(c3ccccc3)c3ccccc3)CC2)ncnc1-n1cnc2ccccc21. The van der Waals surface area contributed by atoms with Gasteiger partial charge < -0.3 is 10.6 Å². The number of hydrogen-bond acceptors (Lipinski definition) is 6. The topological polar surface area (TPSA) is 76.1 Å². The Bertz CT molecular complexity index is 1380. The number of anilines is 2. The van der Waals surface area contributed by atoms with Crippen LogP contribution in [-0.2, 0) is 0 Å². The summed E-state index contributed by atoms with van der Waals surface area (Å²) in [6.07, 6.45) is 3.37. The molecule has 1 aliphatic rings. The molecular weight excluding hydrogens is 434 g/mol. The lowest BCUT2D eigenvalue weighted by Crippen LogP contribution is -2.48. The van der Waals surface area contributed by atoms with Gasteiger partial charge in [0.1, 0.15) is 18.3 Å². The summed E-state index contributed by atoms with van der Waals surface area (Å²) < 4.78 is 1.94. The van der Waals surface area contributed by atoms with Gasteiger partial charge in [-0.2, -0.15) is 0 Å². The molecule has 1 fully saturated rings. The Kier molecular flexibility index (Phi) is 5.60. The molecule has 0 aliphatic carbocycles. The van der Waals surface area contributed by atoms with Crippen molar-refractivity contribution in [1.29, 1.82) is 0 Å². The van der Waals surface area contributed by atoms with E-state index in [0.29, 0.717) is 11.5 Å². The second kappa shape index (κ2) is 9.19. The van der Waals surface area contributed by atoms with Crippen molar-refractivity contribution in [3.8, 4) is 5.82 Å². The standard InChI is InChI=1S/C28H27N7/c29-25-27(30-19-31-28(25)35-20-32-23-13-7-8-14-24(23)35)34-17-15-33(16-18-34)26(21-9-3-1-4-10-21)22-11-5-2-6-12-22/h1-14,19-20,26H,15-18,29H2. The number of para-hydroxylation sites is 2. The van der Waals surface area contributed by atoms with Crippen LogP contribution >= 0.6 is 0 Å². The van der Waals surface area contributed by atoms with E-state index in [9.17, 15) is 0 Å². The van der Waals surface area contributed by atoms with E-state index in [2.05, 4.69) is 85.4 Å². The molecule has 7 nitrogen and oxygen atoms in total. The first-order chi connectivity index (χ1) is 17.3. The van der Waals surface area contributed by atoms with Crippen molar-refractivity contribution >= 4 is 22.5 Å². The lowest BCUT2D eigenvalue weighted by molar-refractivity contribution is 0.212. The van der Waals surface area contributed by atoms with Gasteiger partial charge in [-0.25, -0.2) is 15.0 Å². The van der Waals surface area contributed by atoms with Gasteiger partial charge in [0.2, 0.25) is 0 Å². The lowest BCUT2D eigenvalue weighted by Gasteiger charge is -2.40. The highest BCUT2D eigenvalue weighted by atomic mass is 15.3. The Morgan fingerprint density at radius 2 is 1.26 bits per heavy atom. The van der Waals surface area contributed by atoms with Crippen LogP contribution in [0.15, 0.2) is 97.6 Å². The van der Waals surface area contributed by atoms with Crippen LogP contribution in [0.25, 0.3) is 16.9 Å². The molecular formula is C28H27N7. The zero-order chi connectivity index (χ0) is 23.6. The normalized spacial score (nSPS) is 14.6. The summed E-state index contributed by atoms with van der Waals surface area (Å²) in [5.74, 6) is 1.45. The molecule has 5 aromatic rings. The number of rotatable bonds is 5. The molecule has 0 radical (unpaired) electrons. The zero-order valence-corrected chi connectivity index (χ0v) is 19.4. The van der Waals surface area contributed by atoms with Gasteiger partial charge in [0.05, 0.1) is 17.1 Å². The number of piperazine rings is 1. The third-order valence-corrected chi connectivity index (χ3v) is 6.73. The van der Waals surface area contributed by atoms with Gasteiger partial charge >= 0.3 is 0 Å². The number of imidazole rings is 1. The molecule has 174 valence electrons. The van der Waals surface area contributed by atoms with Crippen LogP contribution in [0.5, 0.6) is 0 Å². The summed E-state index contributed by atoms with van der Waals surface area (Å²) in [4.78, 5) is 18.4. The Morgan fingerprint density at radius 1 is 0.657 bits per heavy atom. The Morgan fingerprint density at radius 3 is 1.94 bits per heavy atom. The maximum Gasteiger partial charge on any atom is 0.167 e. The van der Waals surface area contributed by atoms with Crippen LogP contribution in [0.3, 0.4) is 0 Å². The highest BCUT2D eigenvalue weighted by Gasteiger charge is 2.28. The minimum Gasteiger partial charge on any atom is -0.393 e. The summed E-state index contributed by atoms with van der Waals surface area (Å²) in [6, 6.07) is 29.7. The van der Waals surface area contributed by atoms with Crippen molar-refractivity contribution in [2.45, 2.75) is 6.04 Å². The van der Waals surface area contributed by atoms with Crippen molar-refractivity contribution in [2.75, 3.05) is 36.8 Å². The van der Waals surface area contributed by atoms with E-state index in [4.69, 9.17) is 5.73 Å². The molecule has 7 heteroatoms. The quantitative estimate of drug-likeness (QED) is 0.420. The average Bonchev–Trinajstić information content (AvgIpc) is 3.35. The van der Waals surface area contributed by atoms with Crippen molar-refractivity contribution < 1.29 is 0 Å². The molecule has 1 aliphatic heterocycles. The molecule has 1 saturated heterocycles. The molecule has 6 rings (SSSR count). The molecule has 2 aromatic heterocycles. The molecule has 0 bridgehead atoms. The summed E-state index contributed by atoms with van der Waals surface area (Å²) in [5.41, 5.74) is 11.7. The number of hydrogen-bond donors (Lipinski definition) is 1. The molecule has 0 unspecified atom stereocenters. The first kappa shape index (κ1) is 21.3. The molecule has 3 heterocycles. The minimum absolute atomic E-state index is 0.218. The molecule has 35 heavy (non-hydrogen) atoms. The second-order valence-corrected chi connectivity index (χ2v) is 8.78. The third kappa shape index (κ3) is 4.00. The van der Waals surface area contributed by atoms with Crippen LogP contribution in [-0.4, -0.2) is 50.6 Å². The zero-order valence-electron chi connectivity index (χ0n) is 19.4. The molecule has 0 atom stereocenters. The van der Waals surface area contributed by atoms with Crippen molar-refractivity contribution in [3.05, 3.63) is 109 Å². The van der Waals surface area contributed by atoms with E-state index in [0.717, 1.165) is 43.0 Å². The highest BCUT2D eigenvalue weighted by Crippen LogP contribution is 2.32. The van der Waals surface area contributed by atoms with E-state index in [1.54, 1.807) is 12.7 Å². The highest BCUT2D eigenvalue weighted by molar-refractivity contribution is 5.80. The van der Waals surface area contributed by atoms with E-state index in [1.165, 1.54) is 11.1 Å². The van der Waals surface area contributed by atoms with E-state index < -0.39 is 0 Å². The van der Waals surface area contributed by atoms with Crippen LogP contribution in [0.1, 0.15) is 17.2 Å². The van der Waals surface area contributed by atoms with Gasteiger partial charge in [-0.3, -0.25) is 9.47 Å². The number of nitrogen functional groups attached to an aromatic ring is 1. The maximum atomic E-state index is 6.64. The van der Waals surface area contributed by atoms with E-state index in [1.807, 2.05) is 28.8 Å². The van der Waals surface area contributed by atoms with Gasteiger partial charge in [0.25, 0.3) is 0 Å². The van der Waals surface area contributed by atoms with Crippen molar-refractivity contribution in [3.63, 3.8) is 0 Å². The number of nitrogens with zero attached hydrogens (tertiary/aromatic N) is 6. The smallest absolute Gasteiger partial charge is 0.167 e. The molecule has 2 N–H and O–H groups in total. The fourth-order valence-corrected chi connectivity index (χ4v) is 5.03. The van der Waals surface area contributed by atoms with Crippen molar-refractivity contribution in [2.24, 2.45) is 0 Å². The first-order valence-corrected chi connectivity index (χ1v) is 11.9. The Balaban J connectivity index is 1.26. The number of nitrogens with two attached hydrogens (primary N) is 1. The fourth-order valence-electron chi connectivity index (χ4n) is 5.03. The minimum atomic E-state index is 0.218. The van der Waals surface area contributed by atoms with Gasteiger partial charge in [0.15, 0.2) is 11.6 Å². The van der Waals surface area contributed by atoms with Crippen LogP contribution in [0, 0.1) is 0 Å². The van der Waals surface area contributed by atoms with Crippen molar-refractivity contribution in [1.82, 2.24) is 24.4 Å². The fraction of sp³-hybridized carbons (Fsp3) is 0.179. The summed E-state index contributed by atoms with van der Waals surface area (Å²) in [5, 5.41) is 0. The largest absolute Gasteiger partial charge is 0.393 e. The second-order valence-electron chi connectivity index (χ2n) is 8.78. The summed E-state index contributed by atoms with van der Waals surface area (Å²) >= 11 is 0. The van der Waals surface area contributed by atoms with Crippen LogP contribution < -0.4 is 10.6 Å². The van der Waals surface area contributed by atoms with E-state index >= 15 is 0 Å². The summed E-state index contributed by atoms with van der Waals surface area (Å²) in [7, 11) is 0. The number of fused-ring (bicyclic) bond motifs is 1. The molecule has 3 aromatic carbocycles. The van der Waals surface area contributed by atoms with Gasteiger partial charge in [-0.1, -0.05) is 72.8 Å². The van der Waals surface area contributed by atoms with E-state index in [-0.39, 0.29) is 6.04 Å². The van der Waals surface area contributed by atoms with Crippen LogP contribution in [0.2, 0.25) is 0 Å². The average molecular weight is 462 g/mol. The third-order valence-electron chi connectivity index (χ3n) is 6.73. The monoisotopic (exact) mass is 461 g/mol. The van der Waals surface area contributed by atoms with Crippen LogP contribution in [0.4, 0.5) is 11.5 Å². The predicted molar refractivity (Wildman–Crippen MR) is 140 cm³/mol. The molecule has 0 saturated carbocycles. The van der Waals surface area contributed by atoms with Gasteiger partial charge in [-0.05, 0) is 23.3 Å². The number of aromatic nitrogens is 4. The predicted octanol–water partition coefficient (Wildman–Crippen LogP) is 4.31. The molecule has 0 spiro atoms. The maximum absolute atomic E-state index is 6.64. The van der Waals surface area contributed by atoms with Gasteiger partial charge in [0, 0.05) is 26.2 Å². The molecule has 0 amide bonds. The lowest BCUT2D eigenvalue weighted by atomic mass is 9.96. The first-order valence-electron chi connectivity index (χ1n) is 11.9. The van der Waals surface area contributed by atoms with Gasteiger partial charge in [-0.15, -0.1) is 0 Å². The Hall–Kier alpha value is -4.23. The summed E-state index contributed by atoms with van der Waals surface area (Å²) in [6.45, 7) is 3.48. The Labute approximate surface area is 204 Å².